The average Bonchev–Trinajstić information content (AvgIpc) is 2.35. The molecule has 1 aliphatic rings. The molecule has 0 aromatic heterocycles. The maximum Gasteiger partial charge on any atom is 0.123 e. The minimum atomic E-state index is -0.465. The van der Waals surface area contributed by atoms with E-state index in [0.717, 1.165) is 16.5 Å². The van der Waals surface area contributed by atoms with Crippen LogP contribution < -0.4 is 0 Å². The fourth-order valence-electron chi connectivity index (χ4n) is 2.71. The van der Waals surface area contributed by atoms with Gasteiger partial charge in [0.15, 0.2) is 0 Å². The summed E-state index contributed by atoms with van der Waals surface area (Å²) >= 11 is 3.40. The van der Waals surface area contributed by atoms with Crippen LogP contribution in [-0.4, -0.2) is 11.2 Å². The van der Waals surface area contributed by atoms with Crippen LogP contribution in [0, 0.1) is 5.82 Å². The van der Waals surface area contributed by atoms with Crippen molar-refractivity contribution in [2.45, 2.75) is 24.9 Å². The molecule has 0 amide bonds. The Kier molecular flexibility index (Phi) is 3.42. The number of rotatable bonds is 3. The molecule has 19 heavy (non-hydrogen) atoms. The molecule has 2 unspecified atom stereocenters. The maximum atomic E-state index is 13.2. The molecule has 0 bridgehead atoms. The van der Waals surface area contributed by atoms with Crippen LogP contribution >= 0.6 is 15.9 Å². The van der Waals surface area contributed by atoms with Crippen molar-refractivity contribution in [1.29, 1.82) is 0 Å². The largest absolute Gasteiger partial charge is 0.392 e. The molecule has 98 valence electrons. The Morgan fingerprint density at radius 1 is 1.26 bits per heavy atom. The van der Waals surface area contributed by atoms with Crippen molar-refractivity contribution in [2.75, 3.05) is 0 Å². The highest BCUT2D eigenvalue weighted by Gasteiger charge is 2.31. The number of halogens is 2. The van der Waals surface area contributed by atoms with E-state index in [-0.39, 0.29) is 11.7 Å². The molecular weight excluding hydrogens is 307 g/mol. The van der Waals surface area contributed by atoms with Gasteiger partial charge in [-0.25, -0.2) is 4.39 Å². The summed E-state index contributed by atoms with van der Waals surface area (Å²) in [4.78, 5) is 0. The second-order valence-electron chi connectivity index (χ2n) is 5.02. The molecular formula is C16H14BrFO. The molecule has 3 rings (SSSR count). The number of fused-ring (bicyclic) bond motifs is 1. The zero-order valence-electron chi connectivity index (χ0n) is 10.3. The standard InChI is InChI=1S/C16H14BrFO/c17-15-6-5-12(18)7-11(15)9-16(19)14-8-10-3-1-2-4-13(10)14/h1-7,14,16,19H,8-9H2. The van der Waals surface area contributed by atoms with Gasteiger partial charge in [-0.05, 0) is 41.3 Å². The molecule has 0 fully saturated rings. The Balaban J connectivity index is 1.76. The summed E-state index contributed by atoms with van der Waals surface area (Å²) in [6, 6.07) is 12.8. The van der Waals surface area contributed by atoms with Gasteiger partial charge in [-0.15, -0.1) is 0 Å². The van der Waals surface area contributed by atoms with Crippen LogP contribution in [0.5, 0.6) is 0 Å². The quantitative estimate of drug-likeness (QED) is 0.911. The van der Waals surface area contributed by atoms with Gasteiger partial charge in [0, 0.05) is 16.8 Å². The number of aliphatic hydroxyl groups excluding tert-OH is 1. The van der Waals surface area contributed by atoms with Crippen LogP contribution in [0.25, 0.3) is 0 Å². The zero-order valence-corrected chi connectivity index (χ0v) is 11.9. The highest BCUT2D eigenvalue weighted by molar-refractivity contribution is 9.10. The monoisotopic (exact) mass is 320 g/mol. The molecule has 0 spiro atoms. The molecule has 3 heteroatoms. The molecule has 2 aromatic rings. The molecule has 0 saturated carbocycles. The third-order valence-electron chi connectivity index (χ3n) is 3.80. The Labute approximate surface area is 120 Å². The van der Waals surface area contributed by atoms with Gasteiger partial charge in [-0.3, -0.25) is 0 Å². The van der Waals surface area contributed by atoms with Gasteiger partial charge in [0.05, 0.1) is 6.10 Å². The van der Waals surface area contributed by atoms with Gasteiger partial charge in [0.1, 0.15) is 5.82 Å². The van der Waals surface area contributed by atoms with Crippen LogP contribution in [0.1, 0.15) is 22.6 Å². The lowest BCUT2D eigenvalue weighted by Gasteiger charge is -2.34. The van der Waals surface area contributed by atoms with E-state index in [2.05, 4.69) is 28.1 Å². The smallest absolute Gasteiger partial charge is 0.123 e. The minimum Gasteiger partial charge on any atom is -0.392 e. The van der Waals surface area contributed by atoms with Crippen LogP contribution in [0.4, 0.5) is 4.39 Å². The third kappa shape index (κ3) is 2.45. The van der Waals surface area contributed by atoms with Crippen LogP contribution in [-0.2, 0) is 12.8 Å². The predicted molar refractivity (Wildman–Crippen MR) is 76.7 cm³/mol. The summed E-state index contributed by atoms with van der Waals surface area (Å²) < 4.78 is 14.1. The van der Waals surface area contributed by atoms with Crippen molar-refractivity contribution in [3.8, 4) is 0 Å². The summed E-state index contributed by atoms with van der Waals surface area (Å²) in [5.41, 5.74) is 3.35. The average molecular weight is 321 g/mol. The van der Waals surface area contributed by atoms with Crippen molar-refractivity contribution in [3.05, 3.63) is 69.4 Å². The van der Waals surface area contributed by atoms with Crippen molar-refractivity contribution >= 4 is 15.9 Å². The van der Waals surface area contributed by atoms with Gasteiger partial charge in [0.25, 0.3) is 0 Å². The first-order valence-corrected chi connectivity index (χ1v) is 7.14. The third-order valence-corrected chi connectivity index (χ3v) is 4.57. The lowest BCUT2D eigenvalue weighted by molar-refractivity contribution is 0.133. The van der Waals surface area contributed by atoms with Crippen molar-refractivity contribution in [3.63, 3.8) is 0 Å². The number of hydrogen-bond acceptors (Lipinski definition) is 1. The SMILES string of the molecule is OC(Cc1cc(F)ccc1Br)C1Cc2ccccc21. The maximum absolute atomic E-state index is 13.2. The number of benzene rings is 2. The fourth-order valence-corrected chi connectivity index (χ4v) is 3.12. The van der Waals surface area contributed by atoms with E-state index in [0.29, 0.717) is 6.42 Å². The summed E-state index contributed by atoms with van der Waals surface area (Å²) in [7, 11) is 0. The summed E-state index contributed by atoms with van der Waals surface area (Å²) in [5, 5.41) is 10.3. The molecule has 2 atom stereocenters. The summed E-state index contributed by atoms with van der Waals surface area (Å²) in [5.74, 6) is -0.0919. The molecule has 0 heterocycles. The predicted octanol–water partition coefficient (Wildman–Crippen LogP) is 3.83. The lowest BCUT2D eigenvalue weighted by atomic mass is 9.73. The van der Waals surface area contributed by atoms with Crippen LogP contribution in [0.3, 0.4) is 0 Å². The van der Waals surface area contributed by atoms with E-state index in [1.165, 1.54) is 23.3 Å². The Morgan fingerprint density at radius 3 is 2.84 bits per heavy atom. The van der Waals surface area contributed by atoms with Gasteiger partial charge >= 0.3 is 0 Å². The van der Waals surface area contributed by atoms with E-state index in [9.17, 15) is 9.50 Å². The topological polar surface area (TPSA) is 20.2 Å². The van der Waals surface area contributed by atoms with E-state index < -0.39 is 6.10 Å². The first-order chi connectivity index (χ1) is 9.15. The van der Waals surface area contributed by atoms with E-state index in [1.54, 1.807) is 6.07 Å². The molecule has 0 saturated heterocycles. The fraction of sp³-hybridized carbons (Fsp3) is 0.250. The summed E-state index contributed by atoms with van der Waals surface area (Å²) in [6.45, 7) is 0. The zero-order chi connectivity index (χ0) is 13.4. The molecule has 1 N–H and O–H groups in total. The molecule has 0 aliphatic heterocycles. The lowest BCUT2D eigenvalue weighted by Crippen LogP contribution is -2.30. The minimum absolute atomic E-state index is 0.173. The Bertz CT molecular complexity index is 611. The second kappa shape index (κ2) is 5.06. The summed E-state index contributed by atoms with van der Waals surface area (Å²) in [6.07, 6.45) is 0.912. The van der Waals surface area contributed by atoms with Crippen LogP contribution in [0.2, 0.25) is 0 Å². The van der Waals surface area contributed by atoms with Crippen molar-refractivity contribution in [2.24, 2.45) is 0 Å². The van der Waals surface area contributed by atoms with Gasteiger partial charge in [-0.2, -0.15) is 0 Å². The normalized spacial score (nSPS) is 18.6. The van der Waals surface area contributed by atoms with Crippen LogP contribution in [0.15, 0.2) is 46.9 Å². The molecule has 1 aliphatic carbocycles. The van der Waals surface area contributed by atoms with Gasteiger partial charge in [0.2, 0.25) is 0 Å². The second-order valence-corrected chi connectivity index (χ2v) is 5.87. The first kappa shape index (κ1) is 12.8. The highest BCUT2D eigenvalue weighted by Crippen LogP contribution is 2.38. The number of hydrogen-bond donors (Lipinski definition) is 1. The van der Waals surface area contributed by atoms with Gasteiger partial charge in [-0.1, -0.05) is 40.2 Å². The molecule has 1 nitrogen and oxygen atoms in total. The first-order valence-electron chi connectivity index (χ1n) is 6.35. The van der Waals surface area contributed by atoms with E-state index in [4.69, 9.17) is 0 Å². The van der Waals surface area contributed by atoms with Crippen molar-refractivity contribution < 1.29 is 9.50 Å². The highest BCUT2D eigenvalue weighted by atomic mass is 79.9. The number of aliphatic hydroxyl groups is 1. The van der Waals surface area contributed by atoms with E-state index in [1.807, 2.05) is 12.1 Å². The van der Waals surface area contributed by atoms with E-state index >= 15 is 0 Å². The Morgan fingerprint density at radius 2 is 2.05 bits per heavy atom. The van der Waals surface area contributed by atoms with Gasteiger partial charge < -0.3 is 5.11 Å². The molecule has 2 aromatic carbocycles. The Hall–Kier alpha value is -1.19. The van der Waals surface area contributed by atoms with Crippen molar-refractivity contribution in [1.82, 2.24) is 0 Å². The molecule has 0 radical (unpaired) electrons.